The molecular formula is C17H26N2O4. The topological polar surface area (TPSA) is 69.7 Å². The lowest BCUT2D eigenvalue weighted by Crippen LogP contribution is -2.14. The van der Waals surface area contributed by atoms with Crippen LogP contribution in [0.2, 0.25) is 0 Å². The van der Waals surface area contributed by atoms with Crippen molar-refractivity contribution in [2.24, 2.45) is 5.92 Å². The molecule has 1 saturated carbocycles. The van der Waals surface area contributed by atoms with Crippen LogP contribution in [0, 0.1) is 5.92 Å². The molecule has 6 heteroatoms. The largest absolute Gasteiger partial charge is 0.492 e. The predicted octanol–water partition coefficient (Wildman–Crippen LogP) is 2.88. The van der Waals surface area contributed by atoms with Crippen molar-refractivity contribution in [3.8, 4) is 5.75 Å². The van der Waals surface area contributed by atoms with E-state index in [2.05, 4.69) is 10.3 Å². The number of nitrogens with zero attached hydrogens (tertiary/aromatic N) is 1. The number of pyridine rings is 1. The first-order valence-electron chi connectivity index (χ1n) is 8.15. The highest BCUT2D eigenvalue weighted by Gasteiger charge is 2.23. The van der Waals surface area contributed by atoms with Crippen LogP contribution in [0.1, 0.15) is 43.5 Å². The van der Waals surface area contributed by atoms with Gasteiger partial charge in [0.2, 0.25) is 0 Å². The van der Waals surface area contributed by atoms with E-state index in [0.29, 0.717) is 37.2 Å². The number of carbonyl (C=O) groups is 1. The molecule has 1 aromatic heterocycles. The van der Waals surface area contributed by atoms with Gasteiger partial charge in [-0.2, -0.15) is 0 Å². The molecule has 0 radical (unpaired) electrons. The molecule has 1 N–H and O–H groups in total. The second-order valence-corrected chi connectivity index (χ2v) is 6.17. The molecule has 1 fully saturated rings. The molecule has 2 rings (SSSR count). The quantitative estimate of drug-likeness (QED) is 0.527. The van der Waals surface area contributed by atoms with Crippen molar-refractivity contribution < 1.29 is 19.0 Å². The number of aromatic nitrogens is 1. The van der Waals surface area contributed by atoms with Crippen LogP contribution >= 0.6 is 0 Å². The SMILES string of the molecule is COCCCOc1cc(NC2CC2)ncc1C(=O)OCC(C)C. The van der Waals surface area contributed by atoms with Gasteiger partial charge in [0, 0.05) is 38.4 Å². The van der Waals surface area contributed by atoms with E-state index >= 15 is 0 Å². The maximum atomic E-state index is 12.2. The van der Waals surface area contributed by atoms with Crippen LogP contribution in [0.3, 0.4) is 0 Å². The highest BCUT2D eigenvalue weighted by atomic mass is 16.5. The Morgan fingerprint density at radius 3 is 2.83 bits per heavy atom. The highest BCUT2D eigenvalue weighted by Crippen LogP contribution is 2.27. The Bertz CT molecular complexity index is 515. The van der Waals surface area contributed by atoms with Crippen LogP contribution in [0.5, 0.6) is 5.75 Å². The molecule has 0 atom stereocenters. The average Bonchev–Trinajstić information content (AvgIpc) is 3.33. The van der Waals surface area contributed by atoms with Crippen LogP contribution in [-0.2, 0) is 9.47 Å². The predicted molar refractivity (Wildman–Crippen MR) is 88.0 cm³/mol. The summed E-state index contributed by atoms with van der Waals surface area (Å²) >= 11 is 0. The maximum Gasteiger partial charge on any atom is 0.343 e. The van der Waals surface area contributed by atoms with E-state index in [1.165, 1.54) is 6.20 Å². The molecule has 1 aliphatic rings. The maximum absolute atomic E-state index is 12.2. The molecule has 0 aromatic carbocycles. The summed E-state index contributed by atoms with van der Waals surface area (Å²) in [7, 11) is 1.65. The second-order valence-electron chi connectivity index (χ2n) is 6.17. The van der Waals surface area contributed by atoms with Gasteiger partial charge in [-0.3, -0.25) is 0 Å². The van der Waals surface area contributed by atoms with Gasteiger partial charge < -0.3 is 19.5 Å². The lowest BCUT2D eigenvalue weighted by molar-refractivity contribution is 0.0453. The van der Waals surface area contributed by atoms with Gasteiger partial charge >= 0.3 is 5.97 Å². The molecule has 0 aliphatic heterocycles. The Hall–Kier alpha value is -1.82. The van der Waals surface area contributed by atoms with E-state index in [1.807, 2.05) is 13.8 Å². The van der Waals surface area contributed by atoms with Crippen molar-refractivity contribution in [3.05, 3.63) is 17.8 Å². The first kappa shape index (κ1) is 17.5. The summed E-state index contributed by atoms with van der Waals surface area (Å²) < 4.78 is 16.0. The number of esters is 1. The first-order chi connectivity index (χ1) is 11.1. The summed E-state index contributed by atoms with van der Waals surface area (Å²) in [5.41, 5.74) is 0.365. The average molecular weight is 322 g/mol. The molecule has 23 heavy (non-hydrogen) atoms. The van der Waals surface area contributed by atoms with Crippen molar-refractivity contribution in [1.29, 1.82) is 0 Å². The summed E-state index contributed by atoms with van der Waals surface area (Å²) in [5, 5.41) is 3.31. The van der Waals surface area contributed by atoms with Gasteiger partial charge in [-0.25, -0.2) is 9.78 Å². The fourth-order valence-corrected chi connectivity index (χ4v) is 1.93. The summed E-state index contributed by atoms with van der Waals surface area (Å²) in [6, 6.07) is 2.26. The van der Waals surface area contributed by atoms with E-state index < -0.39 is 5.97 Å². The van der Waals surface area contributed by atoms with E-state index in [1.54, 1.807) is 13.2 Å². The third-order valence-corrected chi connectivity index (χ3v) is 3.31. The van der Waals surface area contributed by atoms with E-state index in [4.69, 9.17) is 14.2 Å². The normalized spacial score (nSPS) is 13.9. The third kappa shape index (κ3) is 6.06. The van der Waals surface area contributed by atoms with Crippen molar-refractivity contribution >= 4 is 11.8 Å². The molecule has 1 aliphatic carbocycles. The molecule has 0 unspecified atom stereocenters. The van der Waals surface area contributed by atoms with Gasteiger partial charge in [0.25, 0.3) is 0 Å². The number of nitrogens with one attached hydrogen (secondary N) is 1. The van der Waals surface area contributed by atoms with Crippen molar-refractivity contribution in [2.45, 2.75) is 39.2 Å². The van der Waals surface area contributed by atoms with Crippen molar-refractivity contribution in [2.75, 3.05) is 32.2 Å². The molecule has 6 nitrogen and oxygen atoms in total. The zero-order chi connectivity index (χ0) is 16.7. The number of carbonyl (C=O) groups excluding carboxylic acids is 1. The minimum Gasteiger partial charge on any atom is -0.492 e. The summed E-state index contributed by atoms with van der Waals surface area (Å²) in [6.07, 6.45) is 4.59. The molecule has 1 heterocycles. The number of rotatable bonds is 10. The van der Waals surface area contributed by atoms with Gasteiger partial charge in [0.1, 0.15) is 17.1 Å². The third-order valence-electron chi connectivity index (χ3n) is 3.31. The molecule has 0 saturated heterocycles. The first-order valence-corrected chi connectivity index (χ1v) is 8.15. The van der Waals surface area contributed by atoms with Crippen LogP contribution in [0.25, 0.3) is 0 Å². The molecule has 0 amide bonds. The molecule has 0 spiro atoms. The fourth-order valence-electron chi connectivity index (χ4n) is 1.93. The lowest BCUT2D eigenvalue weighted by atomic mass is 10.2. The second kappa shape index (κ2) is 8.72. The van der Waals surface area contributed by atoms with Gasteiger partial charge in [-0.1, -0.05) is 13.8 Å². The summed E-state index contributed by atoms with van der Waals surface area (Å²) in [6.45, 7) is 5.47. The Balaban J connectivity index is 2.05. The minimum absolute atomic E-state index is 0.286. The van der Waals surface area contributed by atoms with E-state index in [-0.39, 0.29) is 5.92 Å². The van der Waals surface area contributed by atoms with E-state index in [9.17, 15) is 4.79 Å². The molecule has 128 valence electrons. The number of ether oxygens (including phenoxy) is 3. The van der Waals surface area contributed by atoms with Crippen LogP contribution in [-0.4, -0.2) is 43.9 Å². The molecule has 1 aromatic rings. The minimum atomic E-state index is -0.397. The highest BCUT2D eigenvalue weighted by molar-refractivity contribution is 5.92. The monoisotopic (exact) mass is 322 g/mol. The Morgan fingerprint density at radius 1 is 1.39 bits per heavy atom. The van der Waals surface area contributed by atoms with Crippen molar-refractivity contribution in [3.63, 3.8) is 0 Å². The van der Waals surface area contributed by atoms with Crippen LogP contribution < -0.4 is 10.1 Å². The van der Waals surface area contributed by atoms with Gasteiger partial charge in [-0.15, -0.1) is 0 Å². The molecular weight excluding hydrogens is 296 g/mol. The van der Waals surface area contributed by atoms with Crippen LogP contribution in [0.4, 0.5) is 5.82 Å². The van der Waals surface area contributed by atoms with E-state index in [0.717, 1.165) is 25.1 Å². The summed E-state index contributed by atoms with van der Waals surface area (Å²) in [5.74, 6) is 1.13. The number of hydrogen-bond donors (Lipinski definition) is 1. The van der Waals surface area contributed by atoms with Gasteiger partial charge in [0.15, 0.2) is 0 Å². The van der Waals surface area contributed by atoms with Crippen molar-refractivity contribution in [1.82, 2.24) is 4.98 Å². The van der Waals surface area contributed by atoms with Gasteiger partial charge in [0.05, 0.1) is 13.2 Å². The Labute approximate surface area is 137 Å². The number of anilines is 1. The number of hydrogen-bond acceptors (Lipinski definition) is 6. The summed E-state index contributed by atoms with van der Waals surface area (Å²) in [4.78, 5) is 16.5. The number of methoxy groups -OCH3 is 1. The molecule has 0 bridgehead atoms. The zero-order valence-corrected chi connectivity index (χ0v) is 14.1. The van der Waals surface area contributed by atoms with Crippen LogP contribution in [0.15, 0.2) is 12.3 Å². The zero-order valence-electron chi connectivity index (χ0n) is 14.1. The standard InChI is InChI=1S/C17H26N2O4/c1-12(2)11-23-17(20)14-10-18-16(19-13-5-6-13)9-15(14)22-8-4-7-21-3/h9-10,12-13H,4-8,11H2,1-3H3,(H,18,19). The lowest BCUT2D eigenvalue weighted by Gasteiger charge is -2.13. The fraction of sp³-hybridized carbons (Fsp3) is 0.647. The Kier molecular flexibility index (Phi) is 6.65. The Morgan fingerprint density at radius 2 is 2.17 bits per heavy atom. The smallest absolute Gasteiger partial charge is 0.343 e. The van der Waals surface area contributed by atoms with Gasteiger partial charge in [-0.05, 0) is 18.8 Å².